The number of carboxylic acid groups (broad SMARTS) is 1. The molecule has 1 atom stereocenters. The number of benzene rings is 1. The lowest BCUT2D eigenvalue weighted by Crippen LogP contribution is -2.35. The zero-order valence-electron chi connectivity index (χ0n) is 8.77. The average molecular weight is 229 g/mol. The van der Waals surface area contributed by atoms with E-state index in [2.05, 4.69) is 5.32 Å². The largest absolute Gasteiger partial charge is 0.504 e. The minimum Gasteiger partial charge on any atom is -0.504 e. The number of aliphatic carboxylic acids is 1. The van der Waals surface area contributed by atoms with Crippen LogP contribution in [0.1, 0.15) is 5.56 Å². The zero-order chi connectivity index (χ0) is 11.4. The fourth-order valence-electron chi connectivity index (χ4n) is 1.24. The molecule has 6 nitrogen and oxygen atoms in total. The Morgan fingerprint density at radius 2 is 2.00 bits per heavy atom. The number of aromatic hydroxyl groups is 2. The van der Waals surface area contributed by atoms with Crippen molar-refractivity contribution in [3.8, 4) is 11.5 Å². The molecule has 0 amide bonds. The van der Waals surface area contributed by atoms with Gasteiger partial charge in [0.1, 0.15) is 6.04 Å². The van der Waals surface area contributed by atoms with Crippen LogP contribution in [-0.2, 0) is 11.2 Å². The molecule has 0 spiro atoms. The predicted molar refractivity (Wildman–Crippen MR) is 57.6 cm³/mol. The van der Waals surface area contributed by atoms with Crippen molar-refractivity contribution in [2.24, 2.45) is 0 Å². The summed E-state index contributed by atoms with van der Waals surface area (Å²) in [7, 11) is 1.55. The molecule has 0 aliphatic heterocycles. The summed E-state index contributed by atoms with van der Waals surface area (Å²) >= 11 is 0. The van der Waals surface area contributed by atoms with Gasteiger partial charge in [-0.05, 0) is 31.2 Å². The predicted octanol–water partition coefficient (Wildman–Crippen LogP) is -0.512. The van der Waals surface area contributed by atoms with E-state index in [1.54, 1.807) is 13.1 Å². The van der Waals surface area contributed by atoms with E-state index in [1.807, 2.05) is 0 Å². The van der Waals surface area contributed by atoms with Crippen LogP contribution in [-0.4, -0.2) is 39.9 Å². The van der Waals surface area contributed by atoms with Crippen molar-refractivity contribution in [2.45, 2.75) is 12.5 Å². The topological polar surface area (TPSA) is 121 Å². The van der Waals surface area contributed by atoms with Gasteiger partial charge in [-0.3, -0.25) is 4.79 Å². The smallest absolute Gasteiger partial charge is 0.321 e. The van der Waals surface area contributed by atoms with Gasteiger partial charge in [-0.2, -0.15) is 0 Å². The second-order valence-electron chi connectivity index (χ2n) is 3.21. The van der Waals surface area contributed by atoms with Crippen molar-refractivity contribution < 1.29 is 25.6 Å². The van der Waals surface area contributed by atoms with Crippen molar-refractivity contribution in [3.63, 3.8) is 0 Å². The van der Waals surface area contributed by atoms with Gasteiger partial charge in [-0.25, -0.2) is 0 Å². The van der Waals surface area contributed by atoms with Crippen LogP contribution >= 0.6 is 0 Å². The number of carboxylic acids is 1. The lowest BCUT2D eigenvalue weighted by atomic mass is 10.1. The summed E-state index contributed by atoms with van der Waals surface area (Å²) in [5.74, 6) is -1.41. The quantitative estimate of drug-likeness (QED) is 0.518. The molecule has 0 aliphatic carbocycles. The number of rotatable bonds is 4. The van der Waals surface area contributed by atoms with Gasteiger partial charge in [0.05, 0.1) is 0 Å². The molecule has 0 bridgehead atoms. The minimum absolute atomic E-state index is 0. The van der Waals surface area contributed by atoms with Crippen LogP contribution in [0.25, 0.3) is 0 Å². The Bertz CT molecular complexity index is 366. The van der Waals surface area contributed by atoms with Crippen LogP contribution in [0.4, 0.5) is 0 Å². The monoisotopic (exact) mass is 229 g/mol. The van der Waals surface area contributed by atoms with Gasteiger partial charge in [0.15, 0.2) is 11.5 Å². The van der Waals surface area contributed by atoms with Gasteiger partial charge < -0.3 is 26.1 Å². The van der Waals surface area contributed by atoms with Crippen molar-refractivity contribution in [1.82, 2.24) is 5.32 Å². The van der Waals surface area contributed by atoms with Crippen molar-refractivity contribution in [3.05, 3.63) is 23.8 Å². The van der Waals surface area contributed by atoms with E-state index in [4.69, 9.17) is 10.2 Å². The third kappa shape index (κ3) is 3.41. The molecular formula is C10H15NO5. The van der Waals surface area contributed by atoms with Crippen molar-refractivity contribution in [1.29, 1.82) is 0 Å². The number of carbonyl (C=O) groups is 1. The summed E-state index contributed by atoms with van der Waals surface area (Å²) in [4.78, 5) is 10.7. The molecule has 6 heteroatoms. The summed E-state index contributed by atoms with van der Waals surface area (Å²) in [6, 6.07) is 3.55. The molecule has 1 rings (SSSR count). The second-order valence-corrected chi connectivity index (χ2v) is 3.21. The van der Waals surface area contributed by atoms with E-state index in [1.165, 1.54) is 12.1 Å². The van der Waals surface area contributed by atoms with Crippen LogP contribution in [0, 0.1) is 0 Å². The van der Waals surface area contributed by atoms with E-state index >= 15 is 0 Å². The maximum absolute atomic E-state index is 10.7. The van der Waals surface area contributed by atoms with Crippen LogP contribution < -0.4 is 5.32 Å². The number of phenolic OH excluding ortho intramolecular Hbond substituents is 2. The summed E-state index contributed by atoms with van der Waals surface area (Å²) < 4.78 is 0. The van der Waals surface area contributed by atoms with Crippen LogP contribution in [0.2, 0.25) is 0 Å². The Hall–Kier alpha value is -1.79. The number of hydrogen-bond acceptors (Lipinski definition) is 4. The highest BCUT2D eigenvalue weighted by molar-refractivity contribution is 5.73. The molecule has 0 aliphatic rings. The number of nitrogens with one attached hydrogen (secondary N) is 1. The molecule has 16 heavy (non-hydrogen) atoms. The summed E-state index contributed by atoms with van der Waals surface area (Å²) in [5, 5.41) is 29.7. The lowest BCUT2D eigenvalue weighted by molar-refractivity contribution is -0.139. The lowest BCUT2D eigenvalue weighted by Gasteiger charge is -2.11. The Balaban J connectivity index is 0.00000225. The second kappa shape index (κ2) is 5.94. The standard InChI is InChI=1S/C10H13NO4.H2O/c1-11-7(10(14)15)4-6-2-3-8(12)9(13)5-6;/h2-3,5,7,11-13H,4H2,1H3,(H,14,15);1H2/t7-;/m0./s1. The zero-order valence-corrected chi connectivity index (χ0v) is 8.77. The highest BCUT2D eigenvalue weighted by Crippen LogP contribution is 2.25. The molecule has 0 fully saturated rings. The maximum Gasteiger partial charge on any atom is 0.321 e. The first-order valence-corrected chi connectivity index (χ1v) is 4.45. The van der Waals surface area contributed by atoms with Gasteiger partial charge in [-0.1, -0.05) is 6.07 Å². The van der Waals surface area contributed by atoms with Gasteiger partial charge in [-0.15, -0.1) is 0 Å². The highest BCUT2D eigenvalue weighted by atomic mass is 16.4. The molecule has 0 unspecified atom stereocenters. The number of phenols is 2. The normalized spacial score (nSPS) is 11.6. The molecule has 0 radical (unpaired) electrons. The Morgan fingerprint density at radius 3 is 2.44 bits per heavy atom. The summed E-state index contributed by atoms with van der Waals surface area (Å²) in [6.07, 6.45) is 0.250. The van der Waals surface area contributed by atoms with E-state index in [9.17, 15) is 9.90 Å². The van der Waals surface area contributed by atoms with Gasteiger partial charge >= 0.3 is 5.97 Å². The first-order valence-electron chi connectivity index (χ1n) is 4.45. The molecule has 90 valence electrons. The van der Waals surface area contributed by atoms with Crippen LogP contribution in [0.15, 0.2) is 18.2 Å². The fourth-order valence-corrected chi connectivity index (χ4v) is 1.24. The van der Waals surface area contributed by atoms with Gasteiger partial charge in [0, 0.05) is 0 Å². The Labute approximate surface area is 92.5 Å². The first kappa shape index (κ1) is 14.2. The van der Waals surface area contributed by atoms with Crippen molar-refractivity contribution >= 4 is 5.97 Å². The van der Waals surface area contributed by atoms with Gasteiger partial charge in [0.2, 0.25) is 0 Å². The molecule has 0 heterocycles. The van der Waals surface area contributed by atoms with E-state index < -0.39 is 12.0 Å². The Morgan fingerprint density at radius 1 is 1.38 bits per heavy atom. The fraction of sp³-hybridized carbons (Fsp3) is 0.300. The van der Waals surface area contributed by atoms with Crippen LogP contribution in [0.3, 0.4) is 0 Å². The van der Waals surface area contributed by atoms with E-state index in [0.29, 0.717) is 5.56 Å². The average Bonchev–Trinajstić information content (AvgIpc) is 2.19. The third-order valence-electron chi connectivity index (χ3n) is 2.13. The number of likely N-dealkylation sites (N-methyl/N-ethyl adjacent to an activating group) is 1. The van der Waals surface area contributed by atoms with E-state index in [0.717, 1.165) is 0 Å². The van der Waals surface area contributed by atoms with Gasteiger partial charge in [0.25, 0.3) is 0 Å². The first-order chi connectivity index (χ1) is 7.04. The number of hydrogen-bond donors (Lipinski definition) is 4. The molecule has 1 aromatic carbocycles. The molecular weight excluding hydrogens is 214 g/mol. The maximum atomic E-state index is 10.7. The molecule has 0 saturated heterocycles. The molecule has 0 aromatic heterocycles. The van der Waals surface area contributed by atoms with E-state index in [-0.39, 0.29) is 23.4 Å². The molecule has 0 saturated carbocycles. The molecule has 6 N–H and O–H groups in total. The minimum atomic E-state index is -0.954. The molecule has 1 aromatic rings. The van der Waals surface area contributed by atoms with Crippen LogP contribution in [0.5, 0.6) is 11.5 Å². The summed E-state index contributed by atoms with van der Waals surface area (Å²) in [6.45, 7) is 0. The van der Waals surface area contributed by atoms with Crippen molar-refractivity contribution in [2.75, 3.05) is 7.05 Å². The third-order valence-corrected chi connectivity index (χ3v) is 2.13. The highest BCUT2D eigenvalue weighted by Gasteiger charge is 2.15. The summed E-state index contributed by atoms with van der Waals surface area (Å²) in [5.41, 5.74) is 0.645. The SMILES string of the molecule is CN[C@@H](Cc1ccc(O)c(O)c1)C(=O)O.O. The Kier molecular flexibility index (Phi) is 5.27.